The van der Waals surface area contributed by atoms with Crippen LogP contribution in [0.4, 0.5) is 5.82 Å². The highest BCUT2D eigenvalue weighted by atomic mass is 16.5. The zero-order chi connectivity index (χ0) is 22.4. The molecule has 2 aromatic carbocycles. The standard InChI is InChI=1S/C25H22N6O2/c1-15-29-21-11-19(32-2)4-5-20(21)25(30-15)31-7-8-33-23-6-3-16(9-18(23)13-31)17-10-22-24(26-12-17)28-14-27-22/h3-6,9-12,14H,7-8,13H2,1-2H3,(H,26,27,28)/p+1. The number of aromatic amines is 2. The Bertz CT molecular complexity index is 1500. The van der Waals surface area contributed by atoms with Gasteiger partial charge in [0.25, 0.3) is 5.65 Å². The third kappa shape index (κ3) is 3.49. The summed E-state index contributed by atoms with van der Waals surface area (Å²) >= 11 is 0. The van der Waals surface area contributed by atoms with Crippen molar-refractivity contribution in [1.29, 1.82) is 0 Å². The Morgan fingerprint density at radius 2 is 2.03 bits per heavy atom. The Morgan fingerprint density at radius 1 is 1.09 bits per heavy atom. The average Bonchev–Trinajstić information content (AvgIpc) is 3.20. The van der Waals surface area contributed by atoms with Crippen molar-refractivity contribution in [2.24, 2.45) is 0 Å². The first kappa shape index (κ1) is 19.5. The molecule has 0 radical (unpaired) electrons. The molecule has 8 heteroatoms. The Balaban J connectivity index is 1.40. The fraction of sp³-hybridized carbons (Fsp3) is 0.200. The van der Waals surface area contributed by atoms with Gasteiger partial charge in [-0.25, -0.2) is 15.0 Å². The molecule has 6 rings (SSSR count). The largest absolute Gasteiger partial charge is 0.497 e. The van der Waals surface area contributed by atoms with E-state index in [2.05, 4.69) is 43.0 Å². The van der Waals surface area contributed by atoms with Crippen molar-refractivity contribution in [1.82, 2.24) is 19.9 Å². The lowest BCUT2D eigenvalue weighted by molar-refractivity contribution is -0.347. The van der Waals surface area contributed by atoms with E-state index >= 15 is 0 Å². The number of hydrogen-bond donors (Lipinski definition) is 1. The summed E-state index contributed by atoms with van der Waals surface area (Å²) in [5.41, 5.74) is 5.94. The summed E-state index contributed by atoms with van der Waals surface area (Å²) in [7, 11) is 1.66. The van der Waals surface area contributed by atoms with Crippen LogP contribution in [0.15, 0.2) is 55.0 Å². The fourth-order valence-electron chi connectivity index (χ4n) is 4.36. The van der Waals surface area contributed by atoms with E-state index in [1.165, 1.54) is 0 Å². The number of rotatable bonds is 3. The van der Waals surface area contributed by atoms with Crippen molar-refractivity contribution in [2.45, 2.75) is 13.5 Å². The number of imidazole rings is 1. The molecule has 0 saturated carbocycles. The minimum Gasteiger partial charge on any atom is -0.497 e. The molecule has 0 spiro atoms. The van der Waals surface area contributed by atoms with Gasteiger partial charge in [-0.3, -0.25) is 4.98 Å². The molecule has 2 N–H and O–H groups in total. The number of fused-ring (bicyclic) bond motifs is 3. The predicted octanol–water partition coefficient (Wildman–Crippen LogP) is 3.70. The maximum absolute atomic E-state index is 6.10. The van der Waals surface area contributed by atoms with Crippen molar-refractivity contribution >= 4 is 27.9 Å². The van der Waals surface area contributed by atoms with Gasteiger partial charge < -0.3 is 14.4 Å². The lowest BCUT2D eigenvalue weighted by Crippen LogP contribution is -2.26. The molecule has 1 aliphatic rings. The van der Waals surface area contributed by atoms with Crippen LogP contribution in [-0.2, 0) is 6.54 Å². The van der Waals surface area contributed by atoms with Crippen molar-refractivity contribution in [3.63, 3.8) is 0 Å². The van der Waals surface area contributed by atoms with E-state index in [1.807, 2.05) is 37.4 Å². The molecule has 0 aliphatic carbocycles. The molecule has 0 saturated heterocycles. The number of nitrogens with one attached hydrogen (secondary N) is 2. The number of nitrogens with zero attached hydrogens (tertiary/aromatic N) is 4. The number of aryl methyl sites for hydroxylation is 1. The number of ether oxygens (including phenoxy) is 2. The Hall–Kier alpha value is -4.20. The fourth-order valence-corrected chi connectivity index (χ4v) is 4.36. The molecule has 4 heterocycles. The first-order chi connectivity index (χ1) is 16.2. The Kier molecular flexibility index (Phi) is 4.57. The topological polar surface area (TPSA) is 90.3 Å². The zero-order valence-electron chi connectivity index (χ0n) is 18.4. The lowest BCUT2D eigenvalue weighted by atomic mass is 10.0. The van der Waals surface area contributed by atoms with Gasteiger partial charge in [0.2, 0.25) is 0 Å². The summed E-state index contributed by atoms with van der Waals surface area (Å²) in [6.07, 6.45) is 3.67. The number of pyridine rings is 1. The second kappa shape index (κ2) is 7.74. The van der Waals surface area contributed by atoms with E-state index in [4.69, 9.17) is 14.5 Å². The molecule has 1 aliphatic heterocycles. The zero-order valence-corrected chi connectivity index (χ0v) is 18.4. The van der Waals surface area contributed by atoms with Gasteiger partial charge in [-0.05, 0) is 42.8 Å². The van der Waals surface area contributed by atoms with Crippen LogP contribution in [0.3, 0.4) is 0 Å². The van der Waals surface area contributed by atoms with Crippen LogP contribution < -0.4 is 19.4 Å². The van der Waals surface area contributed by atoms with Gasteiger partial charge in [0, 0.05) is 29.1 Å². The second-order valence-electron chi connectivity index (χ2n) is 8.12. The normalized spacial score (nSPS) is 13.6. The van der Waals surface area contributed by atoms with E-state index in [9.17, 15) is 0 Å². The molecule has 0 fully saturated rings. The minimum absolute atomic E-state index is 0.582. The van der Waals surface area contributed by atoms with Crippen molar-refractivity contribution in [2.75, 3.05) is 25.2 Å². The number of hydrogen-bond acceptors (Lipinski definition) is 6. The quantitative estimate of drug-likeness (QED) is 0.461. The first-order valence-electron chi connectivity index (χ1n) is 10.9. The van der Waals surface area contributed by atoms with Gasteiger partial charge in [0.1, 0.15) is 35.9 Å². The van der Waals surface area contributed by atoms with Gasteiger partial charge in [-0.15, -0.1) is 4.98 Å². The number of anilines is 1. The number of H-pyrrole nitrogens is 2. The molecule has 164 valence electrons. The molecular formula is C25H23N6O2+. The summed E-state index contributed by atoms with van der Waals surface area (Å²) in [6.45, 7) is 3.92. The van der Waals surface area contributed by atoms with Crippen LogP contribution in [0, 0.1) is 6.92 Å². The molecule has 0 atom stereocenters. The molecule has 0 unspecified atom stereocenters. The summed E-state index contributed by atoms with van der Waals surface area (Å²) in [4.78, 5) is 22.5. The van der Waals surface area contributed by atoms with Crippen molar-refractivity contribution in [3.8, 4) is 22.6 Å². The predicted molar refractivity (Wildman–Crippen MR) is 125 cm³/mol. The molecule has 8 nitrogen and oxygen atoms in total. The van der Waals surface area contributed by atoms with E-state index in [1.54, 1.807) is 13.4 Å². The highest BCUT2D eigenvalue weighted by Gasteiger charge is 2.21. The van der Waals surface area contributed by atoms with Crippen LogP contribution in [0.5, 0.6) is 11.5 Å². The molecule has 0 bridgehead atoms. The van der Waals surface area contributed by atoms with Crippen molar-refractivity contribution in [3.05, 3.63) is 66.4 Å². The smallest absolute Gasteiger partial charge is 0.299 e. The van der Waals surface area contributed by atoms with E-state index in [0.29, 0.717) is 13.2 Å². The molecule has 3 aromatic heterocycles. The van der Waals surface area contributed by atoms with Crippen LogP contribution >= 0.6 is 0 Å². The summed E-state index contributed by atoms with van der Waals surface area (Å²) in [6, 6.07) is 14.3. The second-order valence-corrected chi connectivity index (χ2v) is 8.12. The van der Waals surface area contributed by atoms with Crippen molar-refractivity contribution < 1.29 is 14.5 Å². The number of benzene rings is 2. The highest BCUT2D eigenvalue weighted by molar-refractivity contribution is 5.90. The Labute approximate surface area is 190 Å². The van der Waals surface area contributed by atoms with Crippen LogP contribution in [-0.4, -0.2) is 40.2 Å². The minimum atomic E-state index is 0.582. The molecule has 5 aromatic rings. The van der Waals surface area contributed by atoms with E-state index in [0.717, 1.165) is 68.4 Å². The first-order valence-corrected chi connectivity index (χ1v) is 10.9. The summed E-state index contributed by atoms with van der Waals surface area (Å²) in [5.74, 6) is 3.32. The van der Waals surface area contributed by atoms with Gasteiger partial charge in [-0.1, -0.05) is 6.07 Å². The Morgan fingerprint density at radius 3 is 2.94 bits per heavy atom. The SMILES string of the molecule is COc1ccc2c(N3CCOc4ccc(-c5cnc6[nH+]c[nH]c6c5)cc4C3)nc(C)nc2c1. The third-order valence-corrected chi connectivity index (χ3v) is 5.99. The van der Waals surface area contributed by atoms with E-state index < -0.39 is 0 Å². The average molecular weight is 439 g/mol. The maximum atomic E-state index is 6.10. The third-order valence-electron chi connectivity index (χ3n) is 5.99. The lowest BCUT2D eigenvalue weighted by Gasteiger charge is -2.23. The van der Waals surface area contributed by atoms with E-state index in [-0.39, 0.29) is 0 Å². The summed E-state index contributed by atoms with van der Waals surface area (Å²) < 4.78 is 11.5. The van der Waals surface area contributed by atoms with Crippen LogP contribution in [0.2, 0.25) is 0 Å². The van der Waals surface area contributed by atoms with Gasteiger partial charge in [-0.2, -0.15) is 0 Å². The molecule has 33 heavy (non-hydrogen) atoms. The van der Waals surface area contributed by atoms with Gasteiger partial charge in [0.05, 0.1) is 19.2 Å². The van der Waals surface area contributed by atoms with Crippen LogP contribution in [0.25, 0.3) is 33.2 Å². The van der Waals surface area contributed by atoms with Gasteiger partial charge in [0.15, 0.2) is 11.8 Å². The number of methoxy groups -OCH3 is 1. The van der Waals surface area contributed by atoms with Gasteiger partial charge >= 0.3 is 0 Å². The molecular weight excluding hydrogens is 416 g/mol. The maximum Gasteiger partial charge on any atom is 0.299 e. The molecule has 0 amide bonds. The highest BCUT2D eigenvalue weighted by Crippen LogP contribution is 2.33. The number of aromatic nitrogens is 5. The monoisotopic (exact) mass is 439 g/mol. The van der Waals surface area contributed by atoms with Crippen LogP contribution in [0.1, 0.15) is 11.4 Å². The summed E-state index contributed by atoms with van der Waals surface area (Å²) in [5, 5.41) is 0.999.